The molecule has 63 heavy (non-hydrogen) atoms. The van der Waals surface area contributed by atoms with Gasteiger partial charge in [-0.1, -0.05) is 126 Å². The molecular formula is C59H61BN3+. The van der Waals surface area contributed by atoms with Crippen molar-refractivity contribution in [1.82, 2.24) is 9.13 Å². The average Bonchev–Trinajstić information content (AvgIpc) is 3.72. The summed E-state index contributed by atoms with van der Waals surface area (Å²) < 4.78 is 7.61. The van der Waals surface area contributed by atoms with E-state index in [9.17, 15) is 0 Å². The topological polar surface area (TPSA) is 13.7 Å². The highest BCUT2D eigenvalue weighted by molar-refractivity contribution is 7.00. The molecule has 0 spiro atoms. The maximum atomic E-state index is 2.65. The summed E-state index contributed by atoms with van der Waals surface area (Å²) in [6.07, 6.45) is 2.34. The summed E-state index contributed by atoms with van der Waals surface area (Å²) in [6, 6.07) is 43.2. The normalized spacial score (nSPS) is 13.8. The van der Waals surface area contributed by atoms with Gasteiger partial charge in [0.05, 0.1) is 11.0 Å². The zero-order chi connectivity index (χ0) is 44.4. The molecule has 3 aromatic heterocycles. The van der Waals surface area contributed by atoms with Crippen molar-refractivity contribution in [3.8, 4) is 33.8 Å². The van der Waals surface area contributed by atoms with E-state index in [4.69, 9.17) is 0 Å². The maximum absolute atomic E-state index is 2.65. The first-order valence-corrected chi connectivity index (χ1v) is 23.1. The molecule has 0 fully saturated rings. The molecule has 0 aliphatic carbocycles. The Hall–Kier alpha value is -5.87. The second kappa shape index (κ2) is 12.9. The summed E-state index contributed by atoms with van der Waals surface area (Å²) in [5.41, 5.74) is 23.7. The van der Waals surface area contributed by atoms with E-state index in [0.29, 0.717) is 0 Å². The maximum Gasteiger partial charge on any atom is 0.252 e. The molecule has 0 bridgehead atoms. The lowest BCUT2D eigenvalue weighted by Crippen LogP contribution is -2.59. The Balaban J connectivity index is 1.33. The summed E-state index contributed by atoms with van der Waals surface area (Å²) >= 11 is 0. The summed E-state index contributed by atoms with van der Waals surface area (Å²) in [5.74, 6) is 0. The number of fused-ring (bicyclic) bond motifs is 10. The minimum atomic E-state index is -0.0385. The van der Waals surface area contributed by atoms with Gasteiger partial charge in [0.1, 0.15) is 7.05 Å². The van der Waals surface area contributed by atoms with Crippen molar-refractivity contribution in [2.24, 2.45) is 7.05 Å². The predicted octanol–water partition coefficient (Wildman–Crippen LogP) is 12.7. The van der Waals surface area contributed by atoms with Gasteiger partial charge in [-0.05, 0) is 139 Å². The van der Waals surface area contributed by atoms with Crippen LogP contribution in [0.15, 0.2) is 115 Å². The van der Waals surface area contributed by atoms with E-state index < -0.39 is 0 Å². The third kappa shape index (κ3) is 5.82. The summed E-state index contributed by atoms with van der Waals surface area (Å²) in [6.45, 7) is 30.6. The van der Waals surface area contributed by atoms with Gasteiger partial charge in [-0.15, -0.1) is 0 Å². The van der Waals surface area contributed by atoms with E-state index in [-0.39, 0.29) is 28.4 Å². The SMILES string of the molecule is Cc1ccccc1-c1ccc(-c2cc3c4c(c2)-n2c5ccc(C(C)(C)C)cc5c5cc(C(C)(C)C)cc(c52)B4c2cc(C(C)(C)C)cc4c5cc(C(C)(C)C)ccc5n-3c24)c[n+]1C. The van der Waals surface area contributed by atoms with Gasteiger partial charge in [-0.2, -0.15) is 0 Å². The van der Waals surface area contributed by atoms with Crippen LogP contribution in [0.4, 0.5) is 0 Å². The minimum Gasteiger partial charge on any atom is -0.310 e. The Labute approximate surface area is 374 Å². The van der Waals surface area contributed by atoms with Crippen molar-refractivity contribution in [3.05, 3.63) is 143 Å². The largest absolute Gasteiger partial charge is 0.310 e. The molecule has 0 unspecified atom stereocenters. The van der Waals surface area contributed by atoms with Crippen molar-refractivity contribution in [2.75, 3.05) is 0 Å². The molecule has 314 valence electrons. The molecule has 5 heterocycles. The first-order valence-electron chi connectivity index (χ1n) is 23.1. The van der Waals surface area contributed by atoms with Crippen molar-refractivity contribution in [2.45, 2.75) is 112 Å². The molecule has 3 nitrogen and oxygen atoms in total. The number of nitrogens with zero attached hydrogens (tertiary/aromatic N) is 3. The minimum absolute atomic E-state index is 0.0212. The predicted molar refractivity (Wildman–Crippen MR) is 271 cm³/mol. The van der Waals surface area contributed by atoms with Gasteiger partial charge >= 0.3 is 0 Å². The fourth-order valence-corrected chi connectivity index (χ4v) is 10.9. The smallest absolute Gasteiger partial charge is 0.252 e. The van der Waals surface area contributed by atoms with Crippen molar-refractivity contribution < 1.29 is 4.57 Å². The number of hydrogen-bond donors (Lipinski definition) is 0. The molecule has 0 atom stereocenters. The molecule has 0 radical (unpaired) electrons. The molecule has 0 N–H and O–H groups in total. The number of aromatic nitrogens is 3. The van der Waals surface area contributed by atoms with Gasteiger partial charge < -0.3 is 9.13 Å². The van der Waals surface area contributed by atoms with Crippen LogP contribution < -0.4 is 21.0 Å². The third-order valence-electron chi connectivity index (χ3n) is 14.7. The van der Waals surface area contributed by atoms with Gasteiger partial charge in [-0.25, -0.2) is 4.57 Å². The molecule has 2 aliphatic rings. The first-order chi connectivity index (χ1) is 29.6. The molecule has 0 saturated carbocycles. The summed E-state index contributed by atoms with van der Waals surface area (Å²) in [5, 5.41) is 5.39. The van der Waals surface area contributed by atoms with Crippen LogP contribution in [0.5, 0.6) is 0 Å². The van der Waals surface area contributed by atoms with Gasteiger partial charge in [0, 0.05) is 61.1 Å². The highest BCUT2D eigenvalue weighted by atomic mass is 15.0. The molecule has 0 amide bonds. The van der Waals surface area contributed by atoms with E-state index in [1.807, 2.05) is 0 Å². The van der Waals surface area contributed by atoms with Crippen molar-refractivity contribution in [1.29, 1.82) is 0 Å². The lowest BCUT2D eigenvalue weighted by Gasteiger charge is -2.35. The van der Waals surface area contributed by atoms with E-state index in [1.165, 1.54) is 122 Å². The van der Waals surface area contributed by atoms with E-state index >= 15 is 0 Å². The molecule has 9 aromatic rings. The lowest BCUT2D eigenvalue weighted by molar-refractivity contribution is -0.659. The molecule has 11 rings (SSSR count). The number of rotatable bonds is 2. The van der Waals surface area contributed by atoms with Crippen LogP contribution in [0.2, 0.25) is 0 Å². The number of hydrogen-bond acceptors (Lipinski definition) is 0. The van der Waals surface area contributed by atoms with Gasteiger partial charge in [0.25, 0.3) is 6.71 Å². The quantitative estimate of drug-likeness (QED) is 0.122. The van der Waals surface area contributed by atoms with E-state index in [0.717, 1.165) is 0 Å². The Morgan fingerprint density at radius 1 is 0.460 bits per heavy atom. The number of benzene rings is 6. The Bertz CT molecular complexity index is 3270. The monoisotopic (exact) mass is 822 g/mol. The van der Waals surface area contributed by atoms with Crippen molar-refractivity contribution in [3.63, 3.8) is 0 Å². The molecule has 6 aromatic carbocycles. The van der Waals surface area contributed by atoms with Crippen LogP contribution >= 0.6 is 0 Å². The van der Waals surface area contributed by atoms with Crippen LogP contribution in [-0.4, -0.2) is 15.8 Å². The Kier molecular flexibility index (Phi) is 8.16. The van der Waals surface area contributed by atoms with Crippen LogP contribution in [0.25, 0.3) is 77.4 Å². The van der Waals surface area contributed by atoms with E-state index in [1.54, 1.807) is 0 Å². The molecule has 2 aliphatic heterocycles. The number of pyridine rings is 1. The summed E-state index contributed by atoms with van der Waals surface area (Å²) in [4.78, 5) is 0. The zero-order valence-electron chi connectivity index (χ0n) is 39.9. The van der Waals surface area contributed by atoms with Gasteiger partial charge in [0.2, 0.25) is 5.69 Å². The van der Waals surface area contributed by atoms with Gasteiger partial charge in [0.15, 0.2) is 6.20 Å². The van der Waals surface area contributed by atoms with E-state index in [2.05, 4.69) is 226 Å². The second-order valence-electron chi connectivity index (χ2n) is 23.1. The van der Waals surface area contributed by atoms with Gasteiger partial charge in [-0.3, -0.25) is 0 Å². The summed E-state index contributed by atoms with van der Waals surface area (Å²) in [7, 11) is 2.20. The van der Waals surface area contributed by atoms with Crippen LogP contribution in [-0.2, 0) is 28.7 Å². The van der Waals surface area contributed by atoms with Crippen LogP contribution in [0.3, 0.4) is 0 Å². The van der Waals surface area contributed by atoms with Crippen LogP contribution in [0, 0.1) is 6.92 Å². The van der Waals surface area contributed by atoms with Crippen molar-refractivity contribution >= 4 is 66.7 Å². The molecule has 0 saturated heterocycles. The average molecular weight is 823 g/mol. The highest BCUT2D eigenvalue weighted by Crippen LogP contribution is 2.44. The second-order valence-corrected chi connectivity index (χ2v) is 23.1. The fraction of sp³-hybridized carbons (Fsp3) is 0.305. The molecular weight excluding hydrogens is 761 g/mol. The van der Waals surface area contributed by atoms with Crippen LogP contribution in [0.1, 0.15) is 111 Å². The first kappa shape index (κ1) is 39.9. The Morgan fingerprint density at radius 3 is 1.37 bits per heavy atom. The Morgan fingerprint density at radius 2 is 0.921 bits per heavy atom. The standard InChI is InChI=1S/C59H61BN3/c1-34-17-15-16-18-41(34)48-22-19-35(33-61(48)14)36-25-51-53-52(26-36)63-50-24-21-38(57(5,6)7)28-43(50)45-30-40(59(11,12)13)32-47(55(45)63)60(53)46-31-39(58(8,9)10)29-44-42-27-37(56(2,3)4)20-23-49(42)62(51)54(44)46/h15-33H,1-14H3/q+1. The molecule has 4 heteroatoms. The number of aryl methyl sites for hydroxylation is 2. The lowest BCUT2D eigenvalue weighted by atomic mass is 9.34. The highest BCUT2D eigenvalue weighted by Gasteiger charge is 2.43. The fourth-order valence-electron chi connectivity index (χ4n) is 10.9. The zero-order valence-corrected chi connectivity index (χ0v) is 39.9. The third-order valence-corrected chi connectivity index (χ3v) is 14.7.